The predicted molar refractivity (Wildman–Crippen MR) is 126 cm³/mol. The molecule has 1 aromatic rings. The van der Waals surface area contributed by atoms with Crippen LogP contribution in [0, 0.1) is 12.8 Å². The number of ether oxygens (including phenoxy) is 3. The molecule has 190 valence electrons. The third-order valence-corrected chi connectivity index (χ3v) is 7.54. The standard InChI is InChI=1S/C23H35N3O7S/c1-16(11-14-27)12-15-32-20-19(10-9-17(2)24-20)34(30,25-22(29)33-23(3,4)5)26-13-7-8-18(26)21(28)31-6/h9-10,14,16,18H,7-8,11-13,15H2,1-6H3/t16-,18+,34?/m1/s1. The summed E-state index contributed by atoms with van der Waals surface area (Å²) in [7, 11) is -2.43. The monoisotopic (exact) mass is 497 g/mol. The highest BCUT2D eigenvalue weighted by Crippen LogP contribution is 2.34. The molecule has 1 saturated heterocycles. The average molecular weight is 498 g/mol. The van der Waals surface area contributed by atoms with E-state index in [2.05, 4.69) is 9.35 Å². The second-order valence-electron chi connectivity index (χ2n) is 9.29. The van der Waals surface area contributed by atoms with Crippen molar-refractivity contribution in [2.45, 2.75) is 76.8 Å². The van der Waals surface area contributed by atoms with Crippen LogP contribution >= 0.6 is 0 Å². The van der Waals surface area contributed by atoms with E-state index >= 15 is 0 Å². The smallest absolute Gasteiger partial charge is 0.443 e. The molecular weight excluding hydrogens is 462 g/mol. The van der Waals surface area contributed by atoms with Crippen molar-refractivity contribution >= 4 is 28.3 Å². The Balaban J connectivity index is 2.57. The van der Waals surface area contributed by atoms with Gasteiger partial charge in [0.2, 0.25) is 5.88 Å². The fourth-order valence-corrected chi connectivity index (χ4v) is 5.67. The molecule has 3 atom stereocenters. The summed E-state index contributed by atoms with van der Waals surface area (Å²) >= 11 is 0. The van der Waals surface area contributed by atoms with Crippen LogP contribution in [0.4, 0.5) is 4.79 Å². The van der Waals surface area contributed by atoms with Crippen LogP contribution < -0.4 is 4.74 Å². The molecule has 0 saturated carbocycles. The molecule has 0 spiro atoms. The van der Waals surface area contributed by atoms with Crippen molar-refractivity contribution in [2.75, 3.05) is 20.3 Å². The summed E-state index contributed by atoms with van der Waals surface area (Å²) in [5.74, 6) is -0.398. The van der Waals surface area contributed by atoms with E-state index in [1.807, 2.05) is 6.92 Å². The number of esters is 1. The van der Waals surface area contributed by atoms with Crippen molar-refractivity contribution in [1.82, 2.24) is 9.29 Å². The first kappa shape index (κ1) is 27.7. The van der Waals surface area contributed by atoms with Crippen LogP contribution in [-0.4, -0.2) is 63.8 Å². The van der Waals surface area contributed by atoms with Crippen molar-refractivity contribution in [2.24, 2.45) is 10.3 Å². The molecular formula is C23H35N3O7S. The molecule has 10 nitrogen and oxygen atoms in total. The van der Waals surface area contributed by atoms with Gasteiger partial charge in [-0.2, -0.15) is 4.31 Å². The summed E-state index contributed by atoms with van der Waals surface area (Å²) in [6, 6.07) is 2.35. The highest BCUT2D eigenvalue weighted by atomic mass is 32.2. The Morgan fingerprint density at radius 3 is 2.68 bits per heavy atom. The Morgan fingerprint density at radius 1 is 1.35 bits per heavy atom. The number of hydrogen-bond donors (Lipinski definition) is 0. The lowest BCUT2D eigenvalue weighted by Crippen LogP contribution is -2.41. The fourth-order valence-electron chi connectivity index (χ4n) is 3.48. The SMILES string of the molecule is COC(=O)[C@@H]1CCCN1S(=O)(=NC(=O)OC(C)(C)C)c1ccc(C)nc1OCC[C@H](C)CC=O. The largest absolute Gasteiger partial charge is 0.477 e. The third kappa shape index (κ3) is 7.23. The topological polar surface area (TPSA) is 124 Å². The molecule has 1 fully saturated rings. The number of carbonyl (C=O) groups is 3. The first-order chi connectivity index (χ1) is 15.9. The maximum Gasteiger partial charge on any atom is 0.443 e. The second kappa shape index (κ2) is 11.7. The highest BCUT2D eigenvalue weighted by Gasteiger charge is 2.41. The number of nitrogens with zero attached hydrogens (tertiary/aromatic N) is 3. The zero-order valence-corrected chi connectivity index (χ0v) is 21.6. The molecule has 2 heterocycles. The zero-order valence-electron chi connectivity index (χ0n) is 20.7. The number of aromatic nitrogens is 1. The maximum atomic E-state index is 14.5. The molecule has 1 aliphatic rings. The lowest BCUT2D eigenvalue weighted by Gasteiger charge is -2.27. The minimum absolute atomic E-state index is 0.0612. The lowest BCUT2D eigenvalue weighted by molar-refractivity contribution is -0.144. The van der Waals surface area contributed by atoms with Crippen molar-refractivity contribution in [3.05, 3.63) is 17.8 Å². The van der Waals surface area contributed by atoms with Gasteiger partial charge in [-0.05, 0) is 65.0 Å². The molecule has 1 amide bonds. The minimum Gasteiger partial charge on any atom is -0.477 e. The van der Waals surface area contributed by atoms with E-state index in [0.717, 1.165) is 6.29 Å². The van der Waals surface area contributed by atoms with Gasteiger partial charge in [0.05, 0.1) is 13.7 Å². The highest BCUT2D eigenvalue weighted by molar-refractivity contribution is 7.91. The van der Waals surface area contributed by atoms with E-state index in [1.54, 1.807) is 39.8 Å². The van der Waals surface area contributed by atoms with Gasteiger partial charge < -0.3 is 19.0 Å². The molecule has 0 aliphatic carbocycles. The van der Waals surface area contributed by atoms with Crippen LogP contribution in [-0.2, 0) is 29.0 Å². The molecule has 11 heteroatoms. The maximum absolute atomic E-state index is 14.5. The van der Waals surface area contributed by atoms with Gasteiger partial charge in [0.1, 0.15) is 22.8 Å². The molecule has 34 heavy (non-hydrogen) atoms. The van der Waals surface area contributed by atoms with E-state index in [0.29, 0.717) is 31.4 Å². The van der Waals surface area contributed by atoms with E-state index in [-0.39, 0.29) is 29.8 Å². The Bertz CT molecular complexity index is 1010. The van der Waals surface area contributed by atoms with Gasteiger partial charge >= 0.3 is 12.1 Å². The third-order valence-electron chi connectivity index (χ3n) is 5.19. The molecule has 0 aromatic carbocycles. The number of rotatable bonds is 9. The van der Waals surface area contributed by atoms with Crippen LogP contribution in [0.5, 0.6) is 5.88 Å². The lowest BCUT2D eigenvalue weighted by atomic mass is 10.1. The second-order valence-corrected chi connectivity index (χ2v) is 11.4. The molecule has 0 radical (unpaired) electrons. The normalized spacial score (nSPS) is 19.1. The van der Waals surface area contributed by atoms with Gasteiger partial charge in [-0.1, -0.05) is 6.92 Å². The number of carbonyl (C=O) groups excluding carboxylic acids is 3. The summed E-state index contributed by atoms with van der Waals surface area (Å²) in [6.07, 6.45) is 1.79. The van der Waals surface area contributed by atoms with Gasteiger partial charge in [-0.25, -0.2) is 14.0 Å². The van der Waals surface area contributed by atoms with Gasteiger partial charge in [-0.3, -0.25) is 4.79 Å². The summed E-state index contributed by atoms with van der Waals surface area (Å²) in [4.78, 5) is 40.4. The number of amides is 1. The van der Waals surface area contributed by atoms with Gasteiger partial charge in [-0.15, -0.1) is 4.36 Å². The van der Waals surface area contributed by atoms with E-state index in [9.17, 15) is 18.6 Å². The van der Waals surface area contributed by atoms with Crippen molar-refractivity contribution in [3.63, 3.8) is 0 Å². The van der Waals surface area contributed by atoms with E-state index in [1.165, 1.54) is 11.4 Å². The van der Waals surface area contributed by atoms with Crippen molar-refractivity contribution < 1.29 is 32.8 Å². The first-order valence-corrected chi connectivity index (χ1v) is 12.8. The van der Waals surface area contributed by atoms with Crippen LogP contribution in [0.25, 0.3) is 0 Å². The number of hydrogen-bond acceptors (Lipinski definition) is 8. The molecule has 0 bridgehead atoms. The Morgan fingerprint density at radius 2 is 2.06 bits per heavy atom. The number of aldehydes is 1. The summed E-state index contributed by atoms with van der Waals surface area (Å²) in [5, 5.41) is 0. The molecule has 1 unspecified atom stereocenters. The van der Waals surface area contributed by atoms with Crippen LogP contribution in [0.3, 0.4) is 0 Å². The van der Waals surface area contributed by atoms with Gasteiger partial charge in [0.25, 0.3) is 0 Å². The Hall–Kier alpha value is -2.53. The summed E-state index contributed by atoms with van der Waals surface area (Å²) in [6.45, 7) is 9.20. The van der Waals surface area contributed by atoms with Crippen LogP contribution in [0.2, 0.25) is 0 Å². The molecule has 1 aliphatic heterocycles. The summed E-state index contributed by atoms with van der Waals surface area (Å²) < 4.78 is 36.0. The van der Waals surface area contributed by atoms with Crippen LogP contribution in [0.1, 0.15) is 59.1 Å². The number of methoxy groups -OCH3 is 1. The van der Waals surface area contributed by atoms with Crippen molar-refractivity contribution in [1.29, 1.82) is 0 Å². The quantitative estimate of drug-likeness (QED) is 0.374. The fraction of sp³-hybridized carbons (Fsp3) is 0.652. The summed E-state index contributed by atoms with van der Waals surface area (Å²) in [5.41, 5.74) is -0.238. The zero-order chi connectivity index (χ0) is 25.5. The average Bonchev–Trinajstić information content (AvgIpc) is 3.22. The van der Waals surface area contributed by atoms with E-state index in [4.69, 9.17) is 14.2 Å². The Kier molecular flexibility index (Phi) is 9.57. The van der Waals surface area contributed by atoms with Crippen LogP contribution in [0.15, 0.2) is 21.4 Å². The molecule has 0 N–H and O–H groups in total. The van der Waals surface area contributed by atoms with Gasteiger partial charge in [0.15, 0.2) is 9.92 Å². The molecule has 2 rings (SSSR count). The number of pyridine rings is 1. The molecule has 1 aromatic heterocycles. The van der Waals surface area contributed by atoms with E-state index < -0.39 is 33.6 Å². The first-order valence-electron chi connectivity index (χ1n) is 11.3. The number of aryl methyl sites for hydroxylation is 1. The van der Waals surface area contributed by atoms with Crippen molar-refractivity contribution in [3.8, 4) is 5.88 Å². The predicted octanol–water partition coefficient (Wildman–Crippen LogP) is 3.70. The minimum atomic E-state index is -3.69. The van der Waals surface area contributed by atoms with Gasteiger partial charge in [0, 0.05) is 18.7 Å². The Labute approximate surface area is 201 Å².